The second-order valence-corrected chi connectivity index (χ2v) is 5.17. The first-order valence-corrected chi connectivity index (χ1v) is 7.39. The summed E-state index contributed by atoms with van der Waals surface area (Å²) in [6.07, 6.45) is 0. The lowest BCUT2D eigenvalue weighted by atomic mass is 10.1. The Morgan fingerprint density at radius 3 is 2.39 bits per heavy atom. The van der Waals surface area contributed by atoms with Crippen molar-refractivity contribution in [2.45, 2.75) is 20.4 Å². The van der Waals surface area contributed by atoms with E-state index in [0.29, 0.717) is 19.8 Å². The summed E-state index contributed by atoms with van der Waals surface area (Å²) in [6, 6.07) is 7.46. The second kappa shape index (κ2) is 7.35. The van der Waals surface area contributed by atoms with E-state index in [2.05, 4.69) is 11.6 Å². The highest BCUT2D eigenvalue weighted by atomic mass is 31.2. The van der Waals surface area contributed by atoms with Crippen LogP contribution in [0.15, 0.2) is 24.3 Å². The fraction of sp³-hybridized carbons (Fsp3) is 0.385. The molecule has 0 atom stereocenters. The van der Waals surface area contributed by atoms with E-state index in [1.807, 2.05) is 24.3 Å². The van der Waals surface area contributed by atoms with Gasteiger partial charge in [-0.3, -0.25) is 9.05 Å². The molecule has 0 aliphatic rings. The average molecular weight is 267 g/mol. The van der Waals surface area contributed by atoms with E-state index in [4.69, 9.17) is 14.8 Å². The maximum absolute atomic E-state index is 12.1. The lowest BCUT2D eigenvalue weighted by Gasteiger charge is -2.09. The smallest absolute Gasteiger partial charge is 0.326 e. The summed E-state index contributed by atoms with van der Waals surface area (Å²) in [6.45, 7) is 4.48. The predicted octanol–water partition coefficient (Wildman–Crippen LogP) is 2.72. The van der Waals surface area contributed by atoms with Gasteiger partial charge in [-0.2, -0.15) is 0 Å². The number of hydrogen-bond acceptors (Lipinski definition) is 4. The molecule has 0 aliphatic heterocycles. The summed E-state index contributed by atoms with van der Waals surface area (Å²) in [5.41, 5.74) is 9.86. The average Bonchev–Trinajstić information content (AvgIpc) is 2.37. The van der Waals surface area contributed by atoms with Crippen LogP contribution in [-0.2, 0) is 20.2 Å². The van der Waals surface area contributed by atoms with Crippen molar-refractivity contribution in [1.82, 2.24) is 0 Å². The van der Waals surface area contributed by atoms with Crippen LogP contribution in [0.4, 0.5) is 0 Å². The first-order valence-electron chi connectivity index (χ1n) is 5.85. The molecule has 0 amide bonds. The highest BCUT2D eigenvalue weighted by molar-refractivity contribution is 7.59. The molecular weight excluding hydrogens is 249 g/mol. The van der Waals surface area contributed by atoms with Gasteiger partial charge in [-0.1, -0.05) is 24.1 Å². The van der Waals surface area contributed by atoms with Crippen LogP contribution in [0, 0.1) is 11.6 Å². The van der Waals surface area contributed by atoms with Crippen molar-refractivity contribution in [2.24, 2.45) is 5.73 Å². The normalized spacial score (nSPS) is 10.8. The minimum atomic E-state index is -3.32. The minimum absolute atomic E-state index is 0.296. The molecule has 4 nitrogen and oxygen atoms in total. The number of nitrogens with two attached hydrogens (primary N) is 1. The molecule has 0 aliphatic carbocycles. The summed E-state index contributed by atoms with van der Waals surface area (Å²) >= 11 is 0. The third kappa shape index (κ3) is 4.29. The Bertz CT molecular complexity index is 480. The zero-order valence-electron chi connectivity index (χ0n) is 10.7. The van der Waals surface area contributed by atoms with E-state index < -0.39 is 7.60 Å². The Hall–Kier alpha value is -1.11. The van der Waals surface area contributed by atoms with Crippen LogP contribution in [0.25, 0.3) is 0 Å². The van der Waals surface area contributed by atoms with Gasteiger partial charge in [0.05, 0.1) is 13.2 Å². The lowest BCUT2D eigenvalue weighted by molar-refractivity contribution is 0.230. The first kappa shape index (κ1) is 14.9. The van der Waals surface area contributed by atoms with Gasteiger partial charge in [0.1, 0.15) is 0 Å². The predicted molar refractivity (Wildman–Crippen MR) is 72.1 cm³/mol. The SMILES string of the molecule is CCOP(=O)(C#Cc1ccccc1CN)OCC. The molecule has 0 aromatic heterocycles. The molecule has 2 N–H and O–H groups in total. The molecule has 5 heteroatoms. The summed E-state index contributed by atoms with van der Waals surface area (Å²) in [5, 5.41) is 0. The highest BCUT2D eigenvalue weighted by Crippen LogP contribution is 2.46. The first-order chi connectivity index (χ1) is 8.65. The van der Waals surface area contributed by atoms with Gasteiger partial charge in [0.25, 0.3) is 0 Å². The third-order valence-corrected chi connectivity index (χ3v) is 3.74. The molecule has 18 heavy (non-hydrogen) atoms. The van der Waals surface area contributed by atoms with Crippen molar-refractivity contribution < 1.29 is 13.6 Å². The van der Waals surface area contributed by atoms with Gasteiger partial charge in [0.2, 0.25) is 0 Å². The maximum Gasteiger partial charge on any atom is 0.405 e. The Labute approximate surface area is 108 Å². The van der Waals surface area contributed by atoms with Crippen LogP contribution in [0.1, 0.15) is 25.0 Å². The fourth-order valence-electron chi connectivity index (χ4n) is 1.39. The quantitative estimate of drug-likeness (QED) is 0.658. The van der Waals surface area contributed by atoms with Crippen molar-refractivity contribution >= 4 is 7.60 Å². The molecule has 0 saturated heterocycles. The molecule has 1 rings (SSSR count). The van der Waals surface area contributed by atoms with E-state index in [1.54, 1.807) is 13.8 Å². The minimum Gasteiger partial charge on any atom is -0.326 e. The molecule has 0 saturated carbocycles. The van der Waals surface area contributed by atoms with Gasteiger partial charge in [0, 0.05) is 17.8 Å². The summed E-state index contributed by atoms with van der Waals surface area (Å²) in [5.74, 6) is 2.83. The molecule has 0 unspecified atom stereocenters. The van der Waals surface area contributed by atoms with Crippen LogP contribution in [0.3, 0.4) is 0 Å². The maximum atomic E-state index is 12.1. The monoisotopic (exact) mass is 267 g/mol. The van der Waals surface area contributed by atoms with Gasteiger partial charge in [-0.15, -0.1) is 0 Å². The fourth-order valence-corrected chi connectivity index (χ4v) is 2.53. The molecule has 0 fully saturated rings. The largest absolute Gasteiger partial charge is 0.405 e. The number of benzene rings is 1. The van der Waals surface area contributed by atoms with Crippen LogP contribution >= 0.6 is 7.60 Å². The van der Waals surface area contributed by atoms with Gasteiger partial charge in [-0.05, 0) is 25.5 Å². The highest BCUT2D eigenvalue weighted by Gasteiger charge is 2.19. The Morgan fingerprint density at radius 2 is 1.83 bits per heavy atom. The lowest BCUT2D eigenvalue weighted by Crippen LogP contribution is -1.99. The Morgan fingerprint density at radius 1 is 1.22 bits per heavy atom. The Balaban J connectivity index is 3.00. The molecule has 1 aromatic carbocycles. The molecule has 1 aromatic rings. The second-order valence-electron chi connectivity index (χ2n) is 3.43. The van der Waals surface area contributed by atoms with E-state index in [9.17, 15) is 4.57 Å². The molecular formula is C13H18NO3P. The topological polar surface area (TPSA) is 61.5 Å². The summed E-state index contributed by atoms with van der Waals surface area (Å²) < 4.78 is 22.3. The number of hydrogen-bond donors (Lipinski definition) is 1. The van der Waals surface area contributed by atoms with Gasteiger partial charge < -0.3 is 5.73 Å². The zero-order chi connectivity index (χ0) is 13.4. The summed E-state index contributed by atoms with van der Waals surface area (Å²) in [7, 11) is -3.32. The van der Waals surface area contributed by atoms with Crippen molar-refractivity contribution in [3.8, 4) is 11.6 Å². The van der Waals surface area contributed by atoms with Crippen LogP contribution in [-0.4, -0.2) is 13.2 Å². The third-order valence-electron chi connectivity index (χ3n) is 2.16. The summed E-state index contributed by atoms with van der Waals surface area (Å²) in [4.78, 5) is 0. The molecule has 98 valence electrons. The van der Waals surface area contributed by atoms with Crippen LogP contribution in [0.2, 0.25) is 0 Å². The van der Waals surface area contributed by atoms with Gasteiger partial charge >= 0.3 is 7.60 Å². The van der Waals surface area contributed by atoms with E-state index in [1.165, 1.54) is 0 Å². The van der Waals surface area contributed by atoms with E-state index in [-0.39, 0.29) is 0 Å². The van der Waals surface area contributed by atoms with Crippen molar-refractivity contribution in [1.29, 1.82) is 0 Å². The van der Waals surface area contributed by atoms with E-state index >= 15 is 0 Å². The van der Waals surface area contributed by atoms with E-state index in [0.717, 1.165) is 11.1 Å². The molecule has 0 bridgehead atoms. The standard InChI is InChI=1S/C13H18NO3P/c1-3-16-18(15,17-4-2)10-9-12-7-5-6-8-13(12)11-14/h5-8H,3-4,11,14H2,1-2H3. The molecule has 0 spiro atoms. The van der Waals surface area contributed by atoms with Crippen LogP contribution in [0.5, 0.6) is 0 Å². The van der Waals surface area contributed by atoms with Gasteiger partial charge in [-0.25, -0.2) is 4.57 Å². The van der Waals surface area contributed by atoms with Gasteiger partial charge in [0.15, 0.2) is 0 Å². The van der Waals surface area contributed by atoms with Crippen molar-refractivity contribution in [3.05, 3.63) is 35.4 Å². The molecule has 0 radical (unpaired) electrons. The number of rotatable bonds is 5. The van der Waals surface area contributed by atoms with Crippen molar-refractivity contribution in [2.75, 3.05) is 13.2 Å². The van der Waals surface area contributed by atoms with Crippen molar-refractivity contribution in [3.63, 3.8) is 0 Å². The zero-order valence-corrected chi connectivity index (χ0v) is 11.6. The van der Waals surface area contributed by atoms with Crippen LogP contribution < -0.4 is 5.73 Å². The Kier molecular flexibility index (Phi) is 6.11. The molecule has 0 heterocycles.